The van der Waals surface area contributed by atoms with Crippen LogP contribution < -0.4 is 0 Å². The average molecular weight is 230 g/mol. The maximum atomic E-state index is 11.9. The van der Waals surface area contributed by atoms with Crippen molar-refractivity contribution < 1.29 is 9.53 Å². The lowest BCUT2D eigenvalue weighted by Gasteiger charge is -2.12. The number of allylic oxidation sites excluding steroid dienone is 1. The summed E-state index contributed by atoms with van der Waals surface area (Å²) in [6.45, 7) is 2.82. The van der Waals surface area contributed by atoms with Gasteiger partial charge in [0, 0.05) is 12.0 Å². The van der Waals surface area contributed by atoms with Gasteiger partial charge >= 0.3 is 0 Å². The van der Waals surface area contributed by atoms with Crippen LogP contribution >= 0.6 is 0 Å². The van der Waals surface area contributed by atoms with E-state index in [1.54, 1.807) is 6.26 Å². The van der Waals surface area contributed by atoms with Crippen LogP contribution in [0.1, 0.15) is 30.4 Å². The molecule has 0 amide bonds. The first-order chi connectivity index (χ1) is 8.25. The van der Waals surface area contributed by atoms with Gasteiger partial charge in [0.15, 0.2) is 5.78 Å². The van der Waals surface area contributed by atoms with Crippen molar-refractivity contribution in [1.82, 2.24) is 0 Å². The van der Waals surface area contributed by atoms with Crippen LogP contribution in [0, 0.1) is 6.92 Å². The second-order valence-electron chi connectivity index (χ2n) is 4.53. The van der Waals surface area contributed by atoms with Gasteiger partial charge in [-0.1, -0.05) is 29.8 Å². The summed E-state index contributed by atoms with van der Waals surface area (Å²) < 4.78 is 5.19. The van der Waals surface area contributed by atoms with Crippen molar-refractivity contribution in [3.8, 4) is 0 Å². The van der Waals surface area contributed by atoms with E-state index in [4.69, 9.17) is 4.74 Å². The molecule has 0 spiro atoms. The van der Waals surface area contributed by atoms with E-state index < -0.39 is 0 Å². The molecule has 0 radical (unpaired) electrons. The van der Waals surface area contributed by atoms with Crippen LogP contribution in [0.5, 0.6) is 0 Å². The second kappa shape index (κ2) is 5.67. The maximum Gasteiger partial charge on any atom is 0.162 e. The zero-order chi connectivity index (χ0) is 12.1. The summed E-state index contributed by atoms with van der Waals surface area (Å²) in [6.07, 6.45) is 4.87. The number of carbonyl (C=O) groups excluding carboxylic acids is 1. The summed E-state index contributed by atoms with van der Waals surface area (Å²) in [6, 6.07) is 8.33. The first-order valence-corrected chi connectivity index (χ1v) is 6.15. The van der Waals surface area contributed by atoms with Gasteiger partial charge in [-0.15, -0.1) is 0 Å². The number of ketones is 1. The Morgan fingerprint density at radius 2 is 2.29 bits per heavy atom. The van der Waals surface area contributed by atoms with Crippen molar-refractivity contribution in [3.63, 3.8) is 0 Å². The van der Waals surface area contributed by atoms with Gasteiger partial charge in [0.25, 0.3) is 0 Å². The molecule has 0 N–H and O–H groups in total. The number of hydrogen-bond acceptors (Lipinski definition) is 2. The van der Waals surface area contributed by atoms with Crippen LogP contribution in [0.2, 0.25) is 0 Å². The van der Waals surface area contributed by atoms with E-state index in [1.807, 2.05) is 6.07 Å². The molecule has 1 aromatic rings. The average Bonchev–Trinajstić information content (AvgIpc) is 2.37. The normalized spacial score (nSPS) is 15.0. The lowest BCUT2D eigenvalue weighted by atomic mass is 9.99. The molecule has 2 nitrogen and oxygen atoms in total. The Morgan fingerprint density at radius 3 is 3.00 bits per heavy atom. The topological polar surface area (TPSA) is 26.3 Å². The van der Waals surface area contributed by atoms with Crippen molar-refractivity contribution in [2.75, 3.05) is 6.61 Å². The highest BCUT2D eigenvalue weighted by Crippen LogP contribution is 2.16. The first kappa shape index (κ1) is 11.9. The third-order valence-corrected chi connectivity index (χ3v) is 3.02. The Morgan fingerprint density at radius 1 is 1.41 bits per heavy atom. The Balaban J connectivity index is 1.89. The highest BCUT2D eigenvalue weighted by Gasteiger charge is 2.12. The summed E-state index contributed by atoms with van der Waals surface area (Å²) in [5, 5.41) is 0. The predicted molar refractivity (Wildman–Crippen MR) is 67.8 cm³/mol. The van der Waals surface area contributed by atoms with Crippen LogP contribution in [0.15, 0.2) is 36.1 Å². The first-order valence-electron chi connectivity index (χ1n) is 6.15. The lowest BCUT2D eigenvalue weighted by molar-refractivity contribution is -0.116. The zero-order valence-electron chi connectivity index (χ0n) is 10.2. The minimum absolute atomic E-state index is 0.228. The van der Waals surface area contributed by atoms with Gasteiger partial charge in [0.2, 0.25) is 0 Å². The molecule has 17 heavy (non-hydrogen) atoms. The molecule has 0 saturated heterocycles. The summed E-state index contributed by atoms with van der Waals surface area (Å²) in [5.74, 6) is 0.228. The molecular formula is C15H18O2. The van der Waals surface area contributed by atoms with Gasteiger partial charge in [0.1, 0.15) is 0 Å². The standard InChI is InChI=1S/C15H18O2/c1-12-4-2-5-13(10-12)7-8-15(16)14-6-3-9-17-11-14/h2,4-5,10-11H,3,6-9H2,1H3. The third-order valence-electron chi connectivity index (χ3n) is 3.02. The van der Waals surface area contributed by atoms with Gasteiger partial charge in [-0.05, 0) is 31.7 Å². The number of Topliss-reactive ketones (excluding diaryl/α,β-unsaturated/α-hetero) is 1. The van der Waals surface area contributed by atoms with Crippen molar-refractivity contribution in [2.24, 2.45) is 0 Å². The van der Waals surface area contributed by atoms with E-state index in [9.17, 15) is 4.79 Å². The van der Waals surface area contributed by atoms with E-state index in [-0.39, 0.29) is 5.78 Å². The molecule has 0 aromatic heterocycles. The predicted octanol–water partition coefficient (Wildman–Crippen LogP) is 3.19. The van der Waals surface area contributed by atoms with Crippen molar-refractivity contribution in [3.05, 3.63) is 47.2 Å². The van der Waals surface area contributed by atoms with Gasteiger partial charge in [-0.3, -0.25) is 4.79 Å². The largest absolute Gasteiger partial charge is 0.501 e. The minimum atomic E-state index is 0.228. The Labute approximate surface area is 102 Å². The fraction of sp³-hybridized carbons (Fsp3) is 0.400. The van der Waals surface area contributed by atoms with Crippen LogP contribution in [-0.2, 0) is 16.0 Å². The molecule has 2 heteroatoms. The Kier molecular flexibility index (Phi) is 3.97. The Hall–Kier alpha value is -1.57. The molecule has 1 aliphatic rings. The monoisotopic (exact) mass is 230 g/mol. The van der Waals surface area contributed by atoms with E-state index >= 15 is 0 Å². The molecule has 0 fully saturated rings. The molecule has 0 bridgehead atoms. The smallest absolute Gasteiger partial charge is 0.162 e. The fourth-order valence-electron chi connectivity index (χ4n) is 2.06. The molecule has 1 aliphatic heterocycles. The van der Waals surface area contributed by atoms with Crippen LogP contribution in [0.3, 0.4) is 0 Å². The molecule has 1 heterocycles. The molecule has 1 aromatic carbocycles. The number of ether oxygens (including phenoxy) is 1. The van der Waals surface area contributed by atoms with Crippen LogP contribution in [0.25, 0.3) is 0 Å². The van der Waals surface area contributed by atoms with Crippen LogP contribution in [-0.4, -0.2) is 12.4 Å². The van der Waals surface area contributed by atoms with Gasteiger partial charge in [0.05, 0.1) is 12.9 Å². The number of rotatable bonds is 4. The molecule has 0 atom stereocenters. The van der Waals surface area contributed by atoms with Crippen molar-refractivity contribution in [1.29, 1.82) is 0 Å². The van der Waals surface area contributed by atoms with E-state index in [0.29, 0.717) is 6.42 Å². The molecule has 0 unspecified atom stereocenters. The highest BCUT2D eigenvalue weighted by molar-refractivity contribution is 5.95. The van der Waals surface area contributed by atoms with Crippen molar-refractivity contribution >= 4 is 5.78 Å². The maximum absolute atomic E-state index is 11.9. The number of aryl methyl sites for hydroxylation is 2. The molecule has 0 saturated carbocycles. The number of hydrogen-bond donors (Lipinski definition) is 0. The Bertz CT molecular complexity index is 432. The summed E-state index contributed by atoms with van der Waals surface area (Å²) in [5.41, 5.74) is 3.33. The highest BCUT2D eigenvalue weighted by atomic mass is 16.5. The number of benzene rings is 1. The summed E-state index contributed by atoms with van der Waals surface area (Å²) in [7, 11) is 0. The third kappa shape index (κ3) is 3.45. The van der Waals surface area contributed by atoms with Gasteiger partial charge in [-0.2, -0.15) is 0 Å². The SMILES string of the molecule is Cc1cccc(CCC(=O)C2=COCCC2)c1. The van der Waals surface area contributed by atoms with Gasteiger partial charge in [-0.25, -0.2) is 0 Å². The van der Waals surface area contributed by atoms with E-state index in [1.165, 1.54) is 11.1 Å². The van der Waals surface area contributed by atoms with E-state index in [2.05, 4.69) is 25.1 Å². The fourth-order valence-corrected chi connectivity index (χ4v) is 2.06. The molecule has 90 valence electrons. The second-order valence-corrected chi connectivity index (χ2v) is 4.53. The quantitative estimate of drug-likeness (QED) is 0.794. The van der Waals surface area contributed by atoms with E-state index in [0.717, 1.165) is 31.4 Å². The lowest BCUT2D eigenvalue weighted by Crippen LogP contribution is -2.09. The zero-order valence-corrected chi connectivity index (χ0v) is 10.2. The summed E-state index contributed by atoms with van der Waals surface area (Å²) >= 11 is 0. The van der Waals surface area contributed by atoms with Crippen molar-refractivity contribution in [2.45, 2.75) is 32.6 Å². The minimum Gasteiger partial charge on any atom is -0.501 e. The number of carbonyl (C=O) groups is 1. The molecular weight excluding hydrogens is 212 g/mol. The molecule has 2 rings (SSSR count). The molecule has 0 aliphatic carbocycles. The summed E-state index contributed by atoms with van der Waals surface area (Å²) in [4.78, 5) is 11.9. The van der Waals surface area contributed by atoms with Gasteiger partial charge < -0.3 is 4.74 Å². The van der Waals surface area contributed by atoms with Crippen LogP contribution in [0.4, 0.5) is 0 Å².